The number of fused-ring (bicyclic) bond motifs is 1. The summed E-state index contributed by atoms with van der Waals surface area (Å²) >= 11 is 3.48. The Kier molecular flexibility index (Phi) is 4.82. The van der Waals surface area contributed by atoms with Gasteiger partial charge < -0.3 is 9.72 Å². The summed E-state index contributed by atoms with van der Waals surface area (Å²) in [5.74, 6) is 6.28. The molecule has 7 heteroatoms. The van der Waals surface area contributed by atoms with Crippen molar-refractivity contribution >= 4 is 32.9 Å². The summed E-state index contributed by atoms with van der Waals surface area (Å²) < 4.78 is 6.74. The molecule has 0 aliphatic heterocycles. The van der Waals surface area contributed by atoms with Crippen molar-refractivity contribution in [1.82, 2.24) is 15.4 Å². The second-order valence-corrected chi connectivity index (χ2v) is 6.20. The summed E-state index contributed by atoms with van der Waals surface area (Å²) in [6.45, 7) is 2.69. The van der Waals surface area contributed by atoms with Gasteiger partial charge in [0.2, 0.25) is 0 Å². The van der Waals surface area contributed by atoms with Crippen LogP contribution in [0.15, 0.2) is 40.9 Å². The summed E-state index contributed by atoms with van der Waals surface area (Å²) in [6, 6.07) is 11.0. The van der Waals surface area contributed by atoms with E-state index < -0.39 is 0 Å². The quantitative estimate of drug-likeness (QED) is 0.354. The molecule has 1 heterocycles. The SMILES string of the molecule is CCCOc1ccc(Br)cc1-c1nc2ccc(C(=O)NN)cc2[nH]1. The number of H-pyrrole nitrogens is 1. The van der Waals surface area contributed by atoms with E-state index in [0.717, 1.165) is 33.2 Å². The molecular formula is C17H17BrN4O2. The van der Waals surface area contributed by atoms with Gasteiger partial charge in [-0.15, -0.1) is 0 Å². The number of aromatic amines is 1. The molecular weight excluding hydrogens is 372 g/mol. The zero-order chi connectivity index (χ0) is 17.1. The topological polar surface area (TPSA) is 93.0 Å². The lowest BCUT2D eigenvalue weighted by Gasteiger charge is -2.09. The van der Waals surface area contributed by atoms with Crippen molar-refractivity contribution in [2.45, 2.75) is 13.3 Å². The highest BCUT2D eigenvalue weighted by atomic mass is 79.9. The van der Waals surface area contributed by atoms with Gasteiger partial charge in [0.1, 0.15) is 11.6 Å². The van der Waals surface area contributed by atoms with Crippen LogP contribution in [0.25, 0.3) is 22.4 Å². The minimum absolute atomic E-state index is 0.345. The van der Waals surface area contributed by atoms with Gasteiger partial charge in [0.25, 0.3) is 5.91 Å². The molecule has 0 saturated heterocycles. The van der Waals surface area contributed by atoms with E-state index in [2.05, 4.69) is 38.2 Å². The fourth-order valence-electron chi connectivity index (χ4n) is 2.39. The molecule has 0 aliphatic carbocycles. The van der Waals surface area contributed by atoms with Crippen LogP contribution in [0.4, 0.5) is 0 Å². The van der Waals surface area contributed by atoms with E-state index in [1.54, 1.807) is 18.2 Å². The van der Waals surface area contributed by atoms with Crippen LogP contribution in [0, 0.1) is 0 Å². The van der Waals surface area contributed by atoms with Crippen LogP contribution in [0.2, 0.25) is 0 Å². The number of halogens is 1. The Hall–Kier alpha value is -2.38. The van der Waals surface area contributed by atoms with Gasteiger partial charge in [-0.1, -0.05) is 22.9 Å². The highest BCUT2D eigenvalue weighted by molar-refractivity contribution is 9.10. The minimum atomic E-state index is -0.345. The first-order valence-corrected chi connectivity index (χ1v) is 8.35. The molecule has 1 aromatic heterocycles. The van der Waals surface area contributed by atoms with Gasteiger partial charge >= 0.3 is 0 Å². The first kappa shape index (κ1) is 16.5. The van der Waals surface area contributed by atoms with E-state index in [1.807, 2.05) is 18.2 Å². The van der Waals surface area contributed by atoms with Crippen LogP contribution in [0.1, 0.15) is 23.7 Å². The van der Waals surface area contributed by atoms with E-state index in [9.17, 15) is 4.79 Å². The van der Waals surface area contributed by atoms with E-state index in [0.29, 0.717) is 18.0 Å². The number of hydrogen-bond acceptors (Lipinski definition) is 4. The fraction of sp³-hybridized carbons (Fsp3) is 0.176. The maximum atomic E-state index is 11.7. The average Bonchev–Trinajstić information content (AvgIpc) is 3.02. The molecule has 4 N–H and O–H groups in total. The number of nitrogen functional groups attached to an aromatic ring is 1. The Morgan fingerprint density at radius 3 is 2.92 bits per heavy atom. The first-order chi connectivity index (χ1) is 11.6. The molecule has 6 nitrogen and oxygen atoms in total. The normalized spacial score (nSPS) is 10.8. The Balaban J connectivity index is 2.06. The van der Waals surface area contributed by atoms with Crippen molar-refractivity contribution in [2.24, 2.45) is 5.84 Å². The van der Waals surface area contributed by atoms with Crippen LogP contribution in [0.5, 0.6) is 5.75 Å². The fourth-order valence-corrected chi connectivity index (χ4v) is 2.75. The Morgan fingerprint density at radius 2 is 2.17 bits per heavy atom. The second kappa shape index (κ2) is 7.02. The van der Waals surface area contributed by atoms with Gasteiger partial charge in [0.05, 0.1) is 23.2 Å². The van der Waals surface area contributed by atoms with E-state index >= 15 is 0 Å². The van der Waals surface area contributed by atoms with Gasteiger partial charge in [-0.3, -0.25) is 10.2 Å². The predicted octanol–water partition coefficient (Wildman–Crippen LogP) is 3.38. The number of hydrazine groups is 1. The van der Waals surface area contributed by atoms with Crippen molar-refractivity contribution in [1.29, 1.82) is 0 Å². The molecule has 1 amide bonds. The third-order valence-electron chi connectivity index (χ3n) is 3.53. The number of aromatic nitrogens is 2. The first-order valence-electron chi connectivity index (χ1n) is 7.55. The largest absolute Gasteiger partial charge is 0.493 e. The van der Waals surface area contributed by atoms with Crippen molar-refractivity contribution in [3.8, 4) is 17.1 Å². The lowest BCUT2D eigenvalue weighted by atomic mass is 10.2. The van der Waals surface area contributed by atoms with Crippen molar-refractivity contribution < 1.29 is 9.53 Å². The zero-order valence-corrected chi connectivity index (χ0v) is 14.7. The van der Waals surface area contributed by atoms with Crippen LogP contribution < -0.4 is 16.0 Å². The molecule has 3 aromatic rings. The third-order valence-corrected chi connectivity index (χ3v) is 4.03. The molecule has 0 aliphatic rings. The summed E-state index contributed by atoms with van der Waals surface area (Å²) in [4.78, 5) is 19.5. The molecule has 0 unspecified atom stereocenters. The zero-order valence-electron chi connectivity index (χ0n) is 13.1. The molecule has 0 atom stereocenters. The molecule has 0 radical (unpaired) electrons. The van der Waals surface area contributed by atoms with Crippen LogP contribution >= 0.6 is 15.9 Å². The number of hydrogen-bond donors (Lipinski definition) is 3. The van der Waals surface area contributed by atoms with Crippen molar-refractivity contribution in [3.05, 3.63) is 46.4 Å². The summed E-state index contributed by atoms with van der Waals surface area (Å²) in [5.41, 5.74) is 4.97. The number of carbonyl (C=O) groups is 1. The van der Waals surface area contributed by atoms with Crippen LogP contribution in [0.3, 0.4) is 0 Å². The number of carbonyl (C=O) groups excluding carboxylic acids is 1. The van der Waals surface area contributed by atoms with E-state index in [4.69, 9.17) is 10.6 Å². The van der Waals surface area contributed by atoms with E-state index in [1.165, 1.54) is 0 Å². The number of rotatable bonds is 5. The highest BCUT2D eigenvalue weighted by Gasteiger charge is 2.13. The number of amides is 1. The second-order valence-electron chi connectivity index (χ2n) is 5.28. The highest BCUT2D eigenvalue weighted by Crippen LogP contribution is 2.32. The van der Waals surface area contributed by atoms with Crippen molar-refractivity contribution in [2.75, 3.05) is 6.61 Å². The number of benzene rings is 2. The van der Waals surface area contributed by atoms with E-state index in [-0.39, 0.29) is 5.91 Å². The Bertz CT molecular complexity index is 891. The van der Waals surface area contributed by atoms with Gasteiger partial charge in [-0.2, -0.15) is 0 Å². The predicted molar refractivity (Wildman–Crippen MR) is 96.7 cm³/mol. The third kappa shape index (κ3) is 3.27. The Morgan fingerprint density at radius 1 is 1.33 bits per heavy atom. The molecule has 24 heavy (non-hydrogen) atoms. The summed E-state index contributed by atoms with van der Waals surface area (Å²) in [6.07, 6.45) is 0.924. The molecule has 0 fully saturated rings. The number of ether oxygens (including phenoxy) is 1. The lowest BCUT2D eigenvalue weighted by molar-refractivity contribution is 0.0954. The molecule has 124 valence electrons. The number of imidazole rings is 1. The van der Waals surface area contributed by atoms with Gasteiger partial charge in [0.15, 0.2) is 0 Å². The average molecular weight is 389 g/mol. The summed E-state index contributed by atoms with van der Waals surface area (Å²) in [7, 11) is 0. The van der Waals surface area contributed by atoms with Crippen LogP contribution in [-0.4, -0.2) is 22.5 Å². The summed E-state index contributed by atoms with van der Waals surface area (Å²) in [5, 5.41) is 0. The van der Waals surface area contributed by atoms with Crippen molar-refractivity contribution in [3.63, 3.8) is 0 Å². The minimum Gasteiger partial charge on any atom is -0.493 e. The Labute approximate surface area is 147 Å². The maximum Gasteiger partial charge on any atom is 0.265 e. The number of nitrogens with zero attached hydrogens (tertiary/aromatic N) is 1. The molecule has 3 rings (SSSR count). The molecule has 0 saturated carbocycles. The molecule has 0 spiro atoms. The lowest BCUT2D eigenvalue weighted by Crippen LogP contribution is -2.29. The maximum absolute atomic E-state index is 11.7. The van der Waals surface area contributed by atoms with Gasteiger partial charge in [0, 0.05) is 10.0 Å². The standard InChI is InChI=1S/C17H17BrN4O2/c1-2-7-24-15-6-4-11(18)9-12(15)16-20-13-5-3-10(17(23)22-19)8-14(13)21-16/h3-6,8-9H,2,7,19H2,1H3,(H,20,21)(H,22,23). The number of nitrogens with two attached hydrogens (primary N) is 1. The van der Waals surface area contributed by atoms with Gasteiger partial charge in [-0.25, -0.2) is 10.8 Å². The molecule has 2 aromatic carbocycles. The molecule has 0 bridgehead atoms. The van der Waals surface area contributed by atoms with Gasteiger partial charge in [-0.05, 0) is 42.8 Å². The monoisotopic (exact) mass is 388 g/mol. The van der Waals surface area contributed by atoms with Crippen LogP contribution in [-0.2, 0) is 0 Å². The smallest absolute Gasteiger partial charge is 0.265 e. The number of nitrogens with one attached hydrogen (secondary N) is 2.